The van der Waals surface area contributed by atoms with Crippen LogP contribution < -0.4 is 5.09 Å². The number of esters is 2. The van der Waals surface area contributed by atoms with E-state index in [0.717, 1.165) is 0 Å². The lowest BCUT2D eigenvalue weighted by Gasteiger charge is -2.20. The lowest BCUT2D eigenvalue weighted by atomic mass is 9.98. The lowest BCUT2D eigenvalue weighted by molar-refractivity contribution is -0.159. The maximum atomic E-state index is 12.1. The van der Waals surface area contributed by atoms with Gasteiger partial charge in [0.1, 0.15) is 6.04 Å². The Hall–Kier alpha value is -0.180. The van der Waals surface area contributed by atoms with Crippen LogP contribution in [0.3, 0.4) is 0 Å². The second-order valence-corrected chi connectivity index (χ2v) is 11.0. The van der Waals surface area contributed by atoms with Crippen LogP contribution in [0.25, 0.3) is 0 Å². The number of halogens is 1. The number of ether oxygens (including phenoxy) is 2. The molecule has 0 spiro atoms. The van der Waals surface area contributed by atoms with E-state index >= 15 is 0 Å². The van der Waals surface area contributed by atoms with Crippen LogP contribution in [0.1, 0.15) is 41.5 Å². The minimum Gasteiger partial charge on any atom is -0.462 e. The summed E-state index contributed by atoms with van der Waals surface area (Å²) in [5.41, 5.74) is -0.666. The molecule has 0 aromatic rings. The van der Waals surface area contributed by atoms with Crippen molar-refractivity contribution >= 4 is 39.1 Å². The first-order valence-corrected chi connectivity index (χ1v) is 10.9. The highest BCUT2D eigenvalue weighted by atomic mass is 127. The zero-order valence-corrected chi connectivity index (χ0v) is 16.2. The Morgan fingerprint density at radius 2 is 1.76 bits per heavy atom. The molecule has 0 aliphatic heterocycles. The normalized spacial score (nSPS) is 16.2. The van der Waals surface area contributed by atoms with Crippen molar-refractivity contribution in [3.63, 3.8) is 0 Å². The number of hydrogen-bond donors (Lipinski definition) is 1. The highest BCUT2D eigenvalue weighted by Gasteiger charge is 2.28. The first-order valence-electron chi connectivity index (χ1n) is 6.45. The molecular weight excluding hydrogens is 412 g/mol. The van der Waals surface area contributed by atoms with Gasteiger partial charge in [0.05, 0.1) is 11.5 Å². The molecule has 0 bridgehead atoms. The molecule has 0 aromatic carbocycles. The van der Waals surface area contributed by atoms with Crippen LogP contribution in [-0.4, -0.2) is 30.9 Å². The van der Waals surface area contributed by atoms with Crippen molar-refractivity contribution < 1.29 is 28.2 Å². The van der Waals surface area contributed by atoms with Crippen LogP contribution in [0.15, 0.2) is 0 Å². The number of nitrogens with one attached hydrogen (secondary N) is 1. The Morgan fingerprint density at radius 1 is 1.24 bits per heavy atom. The highest BCUT2D eigenvalue weighted by molar-refractivity contribution is 14.2. The molecule has 1 unspecified atom stereocenters. The Kier molecular flexibility index (Phi) is 8.38. The van der Waals surface area contributed by atoms with Crippen LogP contribution in [0, 0.1) is 5.41 Å². The molecule has 9 heteroatoms. The summed E-state index contributed by atoms with van der Waals surface area (Å²) >= 11 is 1.55. The molecular formula is C12H23INO6P. The maximum Gasteiger partial charge on any atom is 0.330 e. The third kappa shape index (κ3) is 9.44. The van der Waals surface area contributed by atoms with Gasteiger partial charge in [0, 0.05) is 22.0 Å². The Balaban J connectivity index is 4.29. The monoisotopic (exact) mass is 435 g/mol. The molecule has 0 amide bonds. The van der Waals surface area contributed by atoms with E-state index in [0.29, 0.717) is 0 Å². The molecule has 124 valence electrons. The summed E-state index contributed by atoms with van der Waals surface area (Å²) in [5.74, 6) is -0.997. The third-order valence-electron chi connectivity index (χ3n) is 2.07. The van der Waals surface area contributed by atoms with Crippen molar-refractivity contribution in [2.75, 3.05) is 6.79 Å². The minimum absolute atomic E-state index is 0.260. The fourth-order valence-electron chi connectivity index (χ4n) is 1.02. The second kappa shape index (κ2) is 8.45. The molecule has 0 radical (unpaired) electrons. The summed E-state index contributed by atoms with van der Waals surface area (Å²) in [6.07, 6.45) is -0.260. The average molecular weight is 435 g/mol. The summed E-state index contributed by atoms with van der Waals surface area (Å²) in [6, 6.07) is -0.798. The van der Waals surface area contributed by atoms with E-state index in [9.17, 15) is 14.2 Å². The van der Waals surface area contributed by atoms with Gasteiger partial charge in [-0.05, 0) is 41.5 Å². The minimum atomic E-state index is -3.31. The summed E-state index contributed by atoms with van der Waals surface area (Å²) in [5, 5.41) is -0.785. The molecule has 0 saturated carbocycles. The van der Waals surface area contributed by atoms with Crippen molar-refractivity contribution in [3.8, 4) is 0 Å². The Labute approximate surface area is 138 Å². The molecule has 2 atom stereocenters. The average Bonchev–Trinajstić information content (AvgIpc) is 2.25. The van der Waals surface area contributed by atoms with Crippen molar-refractivity contribution in [1.29, 1.82) is 0 Å². The molecule has 0 aliphatic rings. The van der Waals surface area contributed by atoms with E-state index in [1.807, 2.05) is 0 Å². The molecule has 0 saturated heterocycles. The van der Waals surface area contributed by atoms with E-state index in [4.69, 9.17) is 14.0 Å². The molecule has 0 aliphatic carbocycles. The highest BCUT2D eigenvalue weighted by Crippen LogP contribution is 2.52. The Bertz CT molecular complexity index is 420. The van der Waals surface area contributed by atoms with Gasteiger partial charge in [0.2, 0.25) is 6.79 Å². The standard InChI is InChI=1S/C12H23INO6P/c1-8(2)20-10(15)9(3)14-21(13,17)19-7-18-11(16)12(4,5)6/h8-9H,7H2,1-6H3,(H,14,17)/t9-,21?/m0/s1. The van der Waals surface area contributed by atoms with Gasteiger partial charge in [-0.1, -0.05) is 0 Å². The van der Waals surface area contributed by atoms with Gasteiger partial charge < -0.3 is 9.47 Å². The predicted octanol–water partition coefficient (Wildman–Crippen LogP) is 3.02. The van der Waals surface area contributed by atoms with Crippen LogP contribution in [0.5, 0.6) is 0 Å². The first kappa shape index (κ1) is 20.8. The van der Waals surface area contributed by atoms with Gasteiger partial charge in [0.15, 0.2) is 0 Å². The summed E-state index contributed by atoms with van der Waals surface area (Å²) in [4.78, 5) is 23.1. The van der Waals surface area contributed by atoms with E-state index in [1.54, 1.807) is 56.7 Å². The molecule has 0 rings (SSSR count). The number of rotatable bonds is 7. The second-order valence-electron chi connectivity index (χ2n) is 5.74. The molecule has 0 fully saturated rings. The van der Waals surface area contributed by atoms with Gasteiger partial charge >= 0.3 is 17.1 Å². The molecule has 1 N–H and O–H groups in total. The molecule has 0 heterocycles. The van der Waals surface area contributed by atoms with E-state index in [-0.39, 0.29) is 6.10 Å². The van der Waals surface area contributed by atoms with Crippen LogP contribution in [0.4, 0.5) is 0 Å². The molecule has 7 nitrogen and oxygen atoms in total. The predicted molar refractivity (Wildman–Crippen MR) is 87.0 cm³/mol. The number of hydrogen-bond acceptors (Lipinski definition) is 6. The lowest BCUT2D eigenvalue weighted by Crippen LogP contribution is -2.34. The largest absolute Gasteiger partial charge is 0.462 e. The zero-order chi connectivity index (χ0) is 16.8. The summed E-state index contributed by atoms with van der Waals surface area (Å²) < 4.78 is 26.9. The summed E-state index contributed by atoms with van der Waals surface area (Å²) in [6.45, 7) is 9.59. The number of carbonyl (C=O) groups is 2. The SMILES string of the molecule is CC(C)OC(=O)[C@H](C)NP(=O)(I)OCOC(=O)C(C)(C)C. The molecule has 21 heavy (non-hydrogen) atoms. The maximum absolute atomic E-state index is 12.1. The summed E-state index contributed by atoms with van der Waals surface area (Å²) in [7, 11) is 0. The third-order valence-corrected chi connectivity index (χ3v) is 4.88. The zero-order valence-electron chi connectivity index (χ0n) is 13.1. The van der Waals surface area contributed by atoms with Crippen molar-refractivity contribution in [3.05, 3.63) is 0 Å². The fraction of sp³-hybridized carbons (Fsp3) is 0.833. The quantitative estimate of drug-likeness (QED) is 0.285. The first-order chi connectivity index (χ1) is 9.35. The molecule has 0 aromatic heterocycles. The van der Waals surface area contributed by atoms with Gasteiger partial charge in [-0.15, -0.1) is 0 Å². The smallest absolute Gasteiger partial charge is 0.330 e. The van der Waals surface area contributed by atoms with Gasteiger partial charge in [0.25, 0.3) is 0 Å². The van der Waals surface area contributed by atoms with Gasteiger partial charge in [-0.25, -0.2) is 5.09 Å². The topological polar surface area (TPSA) is 90.9 Å². The van der Waals surface area contributed by atoms with Crippen molar-refractivity contribution in [1.82, 2.24) is 5.09 Å². The van der Waals surface area contributed by atoms with Crippen LogP contribution in [-0.2, 0) is 28.2 Å². The van der Waals surface area contributed by atoms with E-state index in [2.05, 4.69) is 5.09 Å². The van der Waals surface area contributed by atoms with Gasteiger partial charge in [-0.2, -0.15) is 0 Å². The van der Waals surface area contributed by atoms with Crippen molar-refractivity contribution in [2.45, 2.75) is 53.7 Å². The van der Waals surface area contributed by atoms with Gasteiger partial charge in [-0.3, -0.25) is 18.7 Å². The van der Waals surface area contributed by atoms with E-state index < -0.39 is 35.4 Å². The Morgan fingerprint density at radius 3 is 2.19 bits per heavy atom. The number of carbonyl (C=O) groups excluding carboxylic acids is 2. The fourth-order valence-corrected chi connectivity index (χ4v) is 3.45. The van der Waals surface area contributed by atoms with E-state index in [1.165, 1.54) is 6.92 Å². The van der Waals surface area contributed by atoms with Crippen LogP contribution >= 0.6 is 27.2 Å². The van der Waals surface area contributed by atoms with Crippen LogP contribution in [0.2, 0.25) is 0 Å². The van der Waals surface area contributed by atoms with Crippen molar-refractivity contribution in [2.24, 2.45) is 5.41 Å².